The molecular weight excluding hydrogens is 392 g/mol. The molecule has 7 nitrogen and oxygen atoms in total. The molecule has 2 rings (SSSR count). The van der Waals surface area contributed by atoms with Gasteiger partial charge in [-0.1, -0.05) is 6.07 Å². The molecule has 0 unspecified atom stereocenters. The van der Waals surface area contributed by atoms with Crippen LogP contribution in [0.4, 0.5) is 10.5 Å². The average Bonchev–Trinajstić information content (AvgIpc) is 2.52. The van der Waals surface area contributed by atoms with Gasteiger partial charge in [0.15, 0.2) is 0 Å². The number of halogens is 1. The van der Waals surface area contributed by atoms with E-state index in [1.807, 2.05) is 20.8 Å². The van der Waals surface area contributed by atoms with Gasteiger partial charge in [-0.2, -0.15) is 0 Å². The maximum Gasteiger partial charge on any atom is 0.410 e. The van der Waals surface area contributed by atoms with Crippen LogP contribution in [0.2, 0.25) is 0 Å². The van der Waals surface area contributed by atoms with Gasteiger partial charge in [0, 0.05) is 12.6 Å². The Hall–Kier alpha value is -1.83. The monoisotopic (exact) mass is 414 g/mol. The van der Waals surface area contributed by atoms with Gasteiger partial charge in [-0.25, -0.2) is 4.79 Å². The first-order chi connectivity index (χ1) is 11.7. The van der Waals surface area contributed by atoms with Crippen LogP contribution >= 0.6 is 15.9 Å². The van der Waals surface area contributed by atoms with Crippen LogP contribution in [0.3, 0.4) is 0 Å². The van der Waals surface area contributed by atoms with Crippen molar-refractivity contribution in [3.63, 3.8) is 0 Å². The van der Waals surface area contributed by atoms with E-state index < -0.39 is 10.5 Å². The number of nitro groups is 1. The Bertz CT molecular complexity index is 644. The molecule has 0 spiro atoms. The van der Waals surface area contributed by atoms with Crippen LogP contribution < -0.4 is 4.74 Å². The minimum Gasteiger partial charge on any atom is -0.484 e. The second kappa shape index (κ2) is 8.03. The average molecular weight is 415 g/mol. The van der Waals surface area contributed by atoms with Gasteiger partial charge in [0.2, 0.25) is 5.75 Å². The number of piperidine rings is 1. The largest absolute Gasteiger partial charge is 0.484 e. The molecule has 0 saturated carbocycles. The Morgan fingerprint density at radius 1 is 1.40 bits per heavy atom. The number of para-hydroxylation sites is 1. The summed E-state index contributed by atoms with van der Waals surface area (Å²) in [5, 5.41) is 11.2. The molecule has 1 aliphatic rings. The Labute approximate surface area is 155 Å². The second-order valence-corrected chi connectivity index (χ2v) is 7.83. The molecule has 1 aliphatic heterocycles. The lowest BCUT2D eigenvalue weighted by Crippen LogP contribution is -2.48. The quantitative estimate of drug-likeness (QED) is 0.533. The van der Waals surface area contributed by atoms with Crippen molar-refractivity contribution >= 4 is 27.7 Å². The normalized spacial score (nSPS) is 17.9. The van der Waals surface area contributed by atoms with E-state index in [-0.39, 0.29) is 30.2 Å². The summed E-state index contributed by atoms with van der Waals surface area (Å²) in [4.78, 5) is 24.8. The molecule has 8 heteroatoms. The molecule has 25 heavy (non-hydrogen) atoms. The third-order valence-corrected chi connectivity index (χ3v) is 4.44. The van der Waals surface area contributed by atoms with E-state index in [9.17, 15) is 14.9 Å². The van der Waals surface area contributed by atoms with Gasteiger partial charge < -0.3 is 14.4 Å². The van der Waals surface area contributed by atoms with Crippen LogP contribution in [-0.2, 0) is 4.74 Å². The van der Waals surface area contributed by atoms with Gasteiger partial charge in [-0.3, -0.25) is 10.1 Å². The zero-order chi connectivity index (χ0) is 18.6. The number of carbonyl (C=O) groups excluding carboxylic acids is 1. The molecule has 0 N–H and O–H groups in total. The van der Waals surface area contributed by atoms with Crippen LogP contribution in [0.15, 0.2) is 22.7 Å². The molecule has 1 amide bonds. The summed E-state index contributed by atoms with van der Waals surface area (Å²) >= 11 is 3.29. The molecule has 0 aliphatic carbocycles. The number of ether oxygens (including phenoxy) is 2. The van der Waals surface area contributed by atoms with Crippen molar-refractivity contribution < 1.29 is 19.2 Å². The Kier molecular flexibility index (Phi) is 6.26. The number of nitro benzene ring substituents is 1. The van der Waals surface area contributed by atoms with Gasteiger partial charge in [0.05, 0.1) is 15.4 Å². The van der Waals surface area contributed by atoms with Gasteiger partial charge in [-0.15, -0.1) is 0 Å². The molecule has 1 saturated heterocycles. The number of hydrogen-bond acceptors (Lipinski definition) is 5. The smallest absolute Gasteiger partial charge is 0.410 e. The summed E-state index contributed by atoms with van der Waals surface area (Å²) in [6.45, 7) is 6.25. The molecule has 0 aromatic heterocycles. The predicted molar refractivity (Wildman–Crippen MR) is 96.9 cm³/mol. The predicted octanol–water partition coefficient (Wildman–Crippen LogP) is 4.53. The van der Waals surface area contributed by atoms with Gasteiger partial charge in [-0.05, 0) is 62.0 Å². The lowest BCUT2D eigenvalue weighted by molar-refractivity contribution is -0.386. The maximum atomic E-state index is 12.4. The first-order valence-electron chi connectivity index (χ1n) is 8.24. The number of hydrogen-bond donors (Lipinski definition) is 0. The summed E-state index contributed by atoms with van der Waals surface area (Å²) in [6.07, 6.45) is 2.29. The summed E-state index contributed by atoms with van der Waals surface area (Å²) < 4.78 is 11.7. The number of amides is 1. The third-order valence-electron chi connectivity index (χ3n) is 3.82. The van der Waals surface area contributed by atoms with Crippen LogP contribution in [0.1, 0.15) is 40.0 Å². The van der Waals surface area contributed by atoms with Crippen molar-refractivity contribution in [3.8, 4) is 5.75 Å². The molecule has 138 valence electrons. The molecule has 1 heterocycles. The summed E-state index contributed by atoms with van der Waals surface area (Å²) in [5.74, 6) is 0.183. The van der Waals surface area contributed by atoms with E-state index in [1.54, 1.807) is 17.0 Å². The summed E-state index contributed by atoms with van der Waals surface area (Å²) in [5.41, 5.74) is -0.671. The standard InChI is InChI=1S/C17H23BrN2O5/c1-17(2,3)25-16(21)19-10-5-4-7-12(19)11-24-15-13(18)8-6-9-14(15)20(22)23/h6,8-9,12H,4-5,7,10-11H2,1-3H3/t12-/m0/s1. The van der Waals surface area contributed by atoms with Crippen LogP contribution in [0, 0.1) is 10.1 Å². The van der Waals surface area contributed by atoms with Gasteiger partial charge in [0.1, 0.15) is 12.2 Å². The van der Waals surface area contributed by atoms with E-state index in [1.165, 1.54) is 6.07 Å². The Balaban J connectivity index is 2.10. The molecule has 1 fully saturated rings. The molecular formula is C17H23BrN2O5. The molecule has 0 radical (unpaired) electrons. The fraction of sp³-hybridized carbons (Fsp3) is 0.588. The van der Waals surface area contributed by atoms with Crippen molar-refractivity contribution in [1.29, 1.82) is 0 Å². The van der Waals surface area contributed by atoms with Crippen LogP contribution in [-0.4, -0.2) is 40.7 Å². The molecule has 1 aromatic rings. The topological polar surface area (TPSA) is 81.9 Å². The fourth-order valence-electron chi connectivity index (χ4n) is 2.70. The highest BCUT2D eigenvalue weighted by molar-refractivity contribution is 9.10. The first kappa shape index (κ1) is 19.5. The summed E-state index contributed by atoms with van der Waals surface area (Å²) in [7, 11) is 0. The third kappa shape index (κ3) is 5.32. The number of nitrogens with zero attached hydrogens (tertiary/aromatic N) is 2. The van der Waals surface area contributed by atoms with E-state index >= 15 is 0 Å². The minimum atomic E-state index is -0.568. The summed E-state index contributed by atoms with van der Waals surface area (Å²) in [6, 6.07) is 4.50. The Morgan fingerprint density at radius 3 is 2.76 bits per heavy atom. The lowest BCUT2D eigenvalue weighted by atomic mass is 10.0. The van der Waals surface area contributed by atoms with Crippen molar-refractivity contribution in [2.75, 3.05) is 13.2 Å². The number of carbonyl (C=O) groups is 1. The molecule has 1 atom stereocenters. The van der Waals surface area contributed by atoms with Crippen LogP contribution in [0.25, 0.3) is 0 Å². The maximum absolute atomic E-state index is 12.4. The lowest BCUT2D eigenvalue weighted by Gasteiger charge is -2.36. The molecule has 0 bridgehead atoms. The first-order valence-corrected chi connectivity index (χ1v) is 9.03. The van der Waals surface area contributed by atoms with Crippen molar-refractivity contribution in [3.05, 3.63) is 32.8 Å². The second-order valence-electron chi connectivity index (χ2n) is 6.98. The van der Waals surface area contributed by atoms with E-state index in [4.69, 9.17) is 9.47 Å². The van der Waals surface area contributed by atoms with Gasteiger partial charge in [0.25, 0.3) is 0 Å². The molecule has 1 aromatic carbocycles. The highest BCUT2D eigenvalue weighted by atomic mass is 79.9. The van der Waals surface area contributed by atoms with Crippen LogP contribution in [0.5, 0.6) is 5.75 Å². The minimum absolute atomic E-state index is 0.103. The van der Waals surface area contributed by atoms with E-state index in [0.29, 0.717) is 11.0 Å². The highest BCUT2D eigenvalue weighted by Crippen LogP contribution is 2.35. The highest BCUT2D eigenvalue weighted by Gasteiger charge is 2.31. The Morgan fingerprint density at radius 2 is 2.12 bits per heavy atom. The number of likely N-dealkylation sites (tertiary alicyclic amines) is 1. The van der Waals surface area contributed by atoms with Crippen molar-refractivity contribution in [2.45, 2.75) is 51.7 Å². The van der Waals surface area contributed by atoms with E-state index in [2.05, 4.69) is 15.9 Å². The SMILES string of the molecule is CC(C)(C)OC(=O)N1CCCC[C@H]1COc1c(Br)cccc1[N+](=O)[O-]. The number of rotatable bonds is 4. The van der Waals surface area contributed by atoms with Gasteiger partial charge >= 0.3 is 11.8 Å². The fourth-order valence-corrected chi connectivity index (χ4v) is 3.17. The zero-order valence-electron chi connectivity index (χ0n) is 14.7. The van der Waals surface area contributed by atoms with Crippen molar-refractivity contribution in [1.82, 2.24) is 4.90 Å². The number of benzene rings is 1. The van der Waals surface area contributed by atoms with Crippen molar-refractivity contribution in [2.24, 2.45) is 0 Å². The zero-order valence-corrected chi connectivity index (χ0v) is 16.2. The van der Waals surface area contributed by atoms with E-state index in [0.717, 1.165) is 19.3 Å².